The standard InChI is InChI=1S/C20H24N2O4/c1-14-6-4-5-7-17(14)24-11-10-22(3)15(2)20(23)21-16-8-9-18-19(12-16)26-13-25-18/h4-9,12,15H,10-11,13H2,1-3H3,(H,21,23)/t15-/m0/s1. The van der Waals surface area contributed by atoms with Crippen molar-refractivity contribution in [2.45, 2.75) is 19.9 Å². The van der Waals surface area contributed by atoms with Crippen molar-refractivity contribution >= 4 is 11.6 Å². The van der Waals surface area contributed by atoms with Crippen molar-refractivity contribution in [3.8, 4) is 17.2 Å². The lowest BCUT2D eigenvalue weighted by Crippen LogP contribution is -2.41. The van der Waals surface area contributed by atoms with Crippen LogP contribution in [0.3, 0.4) is 0 Å². The first-order chi connectivity index (χ1) is 12.5. The van der Waals surface area contributed by atoms with Gasteiger partial charge in [0.15, 0.2) is 11.5 Å². The Kier molecular flexibility index (Phi) is 5.63. The fourth-order valence-electron chi connectivity index (χ4n) is 2.63. The fourth-order valence-corrected chi connectivity index (χ4v) is 2.63. The highest BCUT2D eigenvalue weighted by atomic mass is 16.7. The summed E-state index contributed by atoms with van der Waals surface area (Å²) in [5.74, 6) is 2.14. The molecule has 0 unspecified atom stereocenters. The third kappa shape index (κ3) is 4.26. The largest absolute Gasteiger partial charge is 0.492 e. The zero-order valence-electron chi connectivity index (χ0n) is 15.3. The summed E-state index contributed by atoms with van der Waals surface area (Å²) in [6, 6.07) is 13.0. The van der Waals surface area contributed by atoms with E-state index in [-0.39, 0.29) is 18.7 Å². The summed E-state index contributed by atoms with van der Waals surface area (Å²) in [6.45, 7) is 5.26. The maximum atomic E-state index is 12.5. The lowest BCUT2D eigenvalue weighted by atomic mass is 10.2. The summed E-state index contributed by atoms with van der Waals surface area (Å²) in [5.41, 5.74) is 1.79. The topological polar surface area (TPSA) is 60.0 Å². The summed E-state index contributed by atoms with van der Waals surface area (Å²) < 4.78 is 16.4. The number of hydrogen-bond acceptors (Lipinski definition) is 5. The first kappa shape index (κ1) is 18.1. The van der Waals surface area contributed by atoms with E-state index in [1.807, 2.05) is 50.1 Å². The highest BCUT2D eigenvalue weighted by Crippen LogP contribution is 2.34. The SMILES string of the molecule is Cc1ccccc1OCCN(C)[C@@H](C)C(=O)Nc1ccc2c(c1)OCO2. The molecule has 138 valence electrons. The van der Waals surface area contributed by atoms with E-state index >= 15 is 0 Å². The number of nitrogens with zero attached hydrogens (tertiary/aromatic N) is 1. The Labute approximate surface area is 153 Å². The molecule has 1 aliphatic rings. The Hall–Kier alpha value is -2.73. The molecule has 3 rings (SSSR count). The molecule has 0 bridgehead atoms. The Morgan fingerprint density at radius 3 is 2.81 bits per heavy atom. The average Bonchev–Trinajstić information content (AvgIpc) is 3.10. The second-order valence-electron chi connectivity index (χ2n) is 6.33. The van der Waals surface area contributed by atoms with E-state index in [1.165, 1.54) is 0 Å². The molecule has 0 radical (unpaired) electrons. The minimum atomic E-state index is -0.291. The molecule has 1 atom stereocenters. The third-order valence-electron chi connectivity index (χ3n) is 4.48. The van der Waals surface area contributed by atoms with Crippen LogP contribution in [0, 0.1) is 6.92 Å². The Balaban J connectivity index is 1.49. The van der Waals surface area contributed by atoms with Gasteiger partial charge in [-0.3, -0.25) is 9.69 Å². The quantitative estimate of drug-likeness (QED) is 0.826. The van der Waals surface area contributed by atoms with Gasteiger partial charge in [-0.15, -0.1) is 0 Å². The van der Waals surface area contributed by atoms with Crippen molar-refractivity contribution in [3.63, 3.8) is 0 Å². The zero-order chi connectivity index (χ0) is 18.5. The van der Waals surface area contributed by atoms with Crippen LogP contribution in [0.2, 0.25) is 0 Å². The Bertz CT molecular complexity index is 778. The molecule has 1 amide bonds. The molecular formula is C20H24N2O4. The van der Waals surface area contributed by atoms with Crippen LogP contribution in [0.5, 0.6) is 17.2 Å². The lowest BCUT2D eigenvalue weighted by Gasteiger charge is -2.24. The van der Waals surface area contributed by atoms with Gasteiger partial charge in [0.1, 0.15) is 12.4 Å². The van der Waals surface area contributed by atoms with E-state index < -0.39 is 0 Å². The number of anilines is 1. The molecule has 0 aliphatic carbocycles. The molecule has 2 aromatic carbocycles. The van der Waals surface area contributed by atoms with Crippen LogP contribution in [0.1, 0.15) is 12.5 Å². The number of aryl methyl sites for hydroxylation is 1. The summed E-state index contributed by atoms with van der Waals surface area (Å²) >= 11 is 0. The van der Waals surface area contributed by atoms with Gasteiger partial charge in [0.2, 0.25) is 12.7 Å². The predicted molar refractivity (Wildman–Crippen MR) is 100.0 cm³/mol. The van der Waals surface area contributed by atoms with Crippen LogP contribution in [-0.4, -0.2) is 43.8 Å². The molecule has 1 aliphatic heterocycles. The molecule has 26 heavy (non-hydrogen) atoms. The molecule has 0 aromatic heterocycles. The smallest absolute Gasteiger partial charge is 0.241 e. The van der Waals surface area contributed by atoms with E-state index in [2.05, 4.69) is 5.32 Å². The molecular weight excluding hydrogens is 332 g/mol. The van der Waals surface area contributed by atoms with Gasteiger partial charge < -0.3 is 19.5 Å². The molecule has 0 saturated carbocycles. The second kappa shape index (κ2) is 8.10. The number of para-hydroxylation sites is 1. The van der Waals surface area contributed by atoms with Crippen LogP contribution in [0.25, 0.3) is 0 Å². The van der Waals surface area contributed by atoms with Gasteiger partial charge in [0.05, 0.1) is 6.04 Å². The van der Waals surface area contributed by atoms with Crippen LogP contribution < -0.4 is 19.5 Å². The molecule has 2 aromatic rings. The summed E-state index contributed by atoms with van der Waals surface area (Å²) in [4.78, 5) is 14.4. The van der Waals surface area contributed by atoms with Gasteiger partial charge in [0.25, 0.3) is 0 Å². The molecule has 6 nitrogen and oxygen atoms in total. The van der Waals surface area contributed by atoms with Gasteiger partial charge >= 0.3 is 0 Å². The third-order valence-corrected chi connectivity index (χ3v) is 4.48. The molecule has 1 N–H and O–H groups in total. The maximum Gasteiger partial charge on any atom is 0.241 e. The normalized spacial score (nSPS) is 13.5. The molecule has 0 fully saturated rings. The molecule has 0 spiro atoms. The number of likely N-dealkylation sites (N-methyl/N-ethyl adjacent to an activating group) is 1. The molecule has 1 heterocycles. The van der Waals surface area contributed by atoms with Crippen LogP contribution >= 0.6 is 0 Å². The second-order valence-corrected chi connectivity index (χ2v) is 6.33. The number of carbonyl (C=O) groups is 1. The van der Waals surface area contributed by atoms with Crippen molar-refractivity contribution < 1.29 is 19.0 Å². The first-order valence-electron chi connectivity index (χ1n) is 8.64. The molecule has 0 saturated heterocycles. The van der Waals surface area contributed by atoms with Crippen LogP contribution in [0.15, 0.2) is 42.5 Å². The highest BCUT2D eigenvalue weighted by molar-refractivity contribution is 5.94. The van der Waals surface area contributed by atoms with E-state index in [4.69, 9.17) is 14.2 Å². The number of fused-ring (bicyclic) bond motifs is 1. The van der Waals surface area contributed by atoms with Gasteiger partial charge in [-0.1, -0.05) is 18.2 Å². The summed E-state index contributed by atoms with van der Waals surface area (Å²) in [7, 11) is 1.91. The summed E-state index contributed by atoms with van der Waals surface area (Å²) in [5, 5.41) is 2.91. The van der Waals surface area contributed by atoms with Gasteiger partial charge in [0, 0.05) is 18.3 Å². The zero-order valence-corrected chi connectivity index (χ0v) is 15.3. The Morgan fingerprint density at radius 1 is 1.23 bits per heavy atom. The van der Waals surface area contributed by atoms with E-state index in [0.717, 1.165) is 11.3 Å². The van der Waals surface area contributed by atoms with Crippen molar-refractivity contribution in [3.05, 3.63) is 48.0 Å². The minimum absolute atomic E-state index is 0.0812. The minimum Gasteiger partial charge on any atom is -0.492 e. The van der Waals surface area contributed by atoms with Crippen molar-refractivity contribution in [2.75, 3.05) is 32.3 Å². The number of hydrogen-bond donors (Lipinski definition) is 1. The van der Waals surface area contributed by atoms with Gasteiger partial charge in [-0.2, -0.15) is 0 Å². The monoisotopic (exact) mass is 356 g/mol. The number of benzene rings is 2. The van der Waals surface area contributed by atoms with Gasteiger partial charge in [-0.05, 0) is 44.7 Å². The highest BCUT2D eigenvalue weighted by Gasteiger charge is 2.20. The van der Waals surface area contributed by atoms with Crippen molar-refractivity contribution in [1.82, 2.24) is 4.90 Å². The lowest BCUT2D eigenvalue weighted by molar-refractivity contribution is -0.120. The molecule has 6 heteroatoms. The van der Waals surface area contributed by atoms with Crippen molar-refractivity contribution in [2.24, 2.45) is 0 Å². The Morgan fingerprint density at radius 2 is 2.00 bits per heavy atom. The number of carbonyl (C=O) groups excluding carboxylic acids is 1. The summed E-state index contributed by atoms with van der Waals surface area (Å²) in [6.07, 6.45) is 0. The number of ether oxygens (including phenoxy) is 3. The van der Waals surface area contributed by atoms with Gasteiger partial charge in [-0.25, -0.2) is 0 Å². The maximum absolute atomic E-state index is 12.5. The van der Waals surface area contributed by atoms with E-state index in [1.54, 1.807) is 18.2 Å². The first-order valence-corrected chi connectivity index (χ1v) is 8.64. The number of rotatable bonds is 7. The number of nitrogens with one attached hydrogen (secondary N) is 1. The average molecular weight is 356 g/mol. The van der Waals surface area contributed by atoms with E-state index in [9.17, 15) is 4.79 Å². The predicted octanol–water partition coefficient (Wildman–Crippen LogP) is 3.06. The number of amides is 1. The van der Waals surface area contributed by atoms with Crippen LogP contribution in [0.4, 0.5) is 5.69 Å². The fraction of sp³-hybridized carbons (Fsp3) is 0.350. The van der Waals surface area contributed by atoms with Crippen molar-refractivity contribution in [1.29, 1.82) is 0 Å². The van der Waals surface area contributed by atoms with Crippen LogP contribution in [-0.2, 0) is 4.79 Å². The van der Waals surface area contributed by atoms with E-state index in [0.29, 0.717) is 30.3 Å².